The lowest BCUT2D eigenvalue weighted by Crippen LogP contribution is -2.42. The summed E-state index contributed by atoms with van der Waals surface area (Å²) in [5, 5.41) is 10.6. The molecule has 1 amide bonds. The molecule has 2 unspecified atom stereocenters. The third-order valence-corrected chi connectivity index (χ3v) is 5.59. The second-order valence-electron chi connectivity index (χ2n) is 7.19. The molecule has 3 N–H and O–H groups in total. The van der Waals surface area contributed by atoms with E-state index in [1.165, 1.54) is 19.3 Å². The fourth-order valence-corrected chi connectivity index (χ4v) is 4.00. The van der Waals surface area contributed by atoms with Crippen molar-refractivity contribution in [2.24, 2.45) is 4.99 Å². The quantitative estimate of drug-likeness (QED) is 0.280. The lowest BCUT2D eigenvalue weighted by atomic mass is 10.2. The van der Waals surface area contributed by atoms with Gasteiger partial charge in [-0.1, -0.05) is 12.1 Å². The number of nitrogens with zero attached hydrogens (tertiary/aromatic N) is 2. The fraction of sp³-hybridized carbons (Fsp3) is 0.600. The van der Waals surface area contributed by atoms with Gasteiger partial charge in [0.25, 0.3) is 0 Å². The van der Waals surface area contributed by atoms with Gasteiger partial charge in [-0.3, -0.25) is 4.79 Å². The molecule has 6 nitrogen and oxygen atoms in total. The summed E-state index contributed by atoms with van der Waals surface area (Å²) < 4.78 is 0. The summed E-state index contributed by atoms with van der Waals surface area (Å²) in [5.41, 5.74) is 1.88. The number of hydrogen-bond acceptors (Lipinski definition) is 4. The number of halogens is 1. The monoisotopic (exact) mass is 519 g/mol. The highest BCUT2D eigenvalue weighted by molar-refractivity contribution is 14.0. The number of anilines is 1. The van der Waals surface area contributed by atoms with E-state index in [0.29, 0.717) is 19.1 Å². The molecule has 1 fully saturated rings. The maximum absolute atomic E-state index is 11.9. The molecule has 2 atom stereocenters. The standard InChI is InChI=1S/C20H33N5OS.HI/c1-5-21-20(24-17-9-10-18(12-17)27-4)22-13-15-7-6-8-16(11-15)23-19(26)14-25(2)3;/h6-8,11,17-18H,5,9-10,12-14H2,1-4H3,(H,23,26)(H2,21,22,24);1H. The Morgan fingerprint density at radius 2 is 2.11 bits per heavy atom. The van der Waals surface area contributed by atoms with Crippen LogP contribution < -0.4 is 16.0 Å². The molecule has 1 aromatic carbocycles. The zero-order chi connectivity index (χ0) is 19.6. The molecular formula is C20H34IN5OS. The Kier molecular flexibility index (Phi) is 11.9. The van der Waals surface area contributed by atoms with Gasteiger partial charge >= 0.3 is 0 Å². The van der Waals surface area contributed by atoms with Crippen molar-refractivity contribution < 1.29 is 4.79 Å². The number of carbonyl (C=O) groups excluding carboxylic acids is 1. The molecular weight excluding hydrogens is 485 g/mol. The van der Waals surface area contributed by atoms with Gasteiger partial charge < -0.3 is 20.9 Å². The molecule has 0 saturated heterocycles. The third-order valence-electron chi connectivity index (χ3n) is 4.49. The van der Waals surface area contributed by atoms with E-state index in [4.69, 9.17) is 4.99 Å². The van der Waals surface area contributed by atoms with E-state index in [-0.39, 0.29) is 29.9 Å². The van der Waals surface area contributed by atoms with Crippen LogP contribution in [0.15, 0.2) is 29.3 Å². The van der Waals surface area contributed by atoms with Crippen molar-refractivity contribution >= 4 is 53.3 Å². The first-order valence-electron chi connectivity index (χ1n) is 9.61. The van der Waals surface area contributed by atoms with Gasteiger partial charge in [0.05, 0.1) is 13.1 Å². The minimum absolute atomic E-state index is 0. The number of nitrogens with one attached hydrogen (secondary N) is 3. The predicted molar refractivity (Wildman–Crippen MR) is 132 cm³/mol. The predicted octanol–water partition coefficient (Wildman–Crippen LogP) is 3.14. The number of hydrogen-bond donors (Lipinski definition) is 3. The van der Waals surface area contributed by atoms with Gasteiger partial charge in [0.2, 0.25) is 5.91 Å². The number of rotatable bonds is 8. The molecule has 0 aliphatic heterocycles. The molecule has 8 heteroatoms. The van der Waals surface area contributed by atoms with Crippen molar-refractivity contribution in [2.75, 3.05) is 38.8 Å². The van der Waals surface area contributed by atoms with Crippen LogP contribution in [-0.4, -0.2) is 61.5 Å². The van der Waals surface area contributed by atoms with E-state index in [2.05, 4.69) is 29.1 Å². The SMILES string of the molecule is CCNC(=NCc1cccc(NC(=O)CN(C)C)c1)NC1CCC(SC)C1.I. The topological polar surface area (TPSA) is 68.8 Å². The van der Waals surface area contributed by atoms with Crippen molar-refractivity contribution in [1.82, 2.24) is 15.5 Å². The van der Waals surface area contributed by atoms with Crippen LogP contribution in [0.5, 0.6) is 0 Å². The Morgan fingerprint density at radius 3 is 2.75 bits per heavy atom. The van der Waals surface area contributed by atoms with Crippen molar-refractivity contribution in [2.45, 2.75) is 44.0 Å². The van der Waals surface area contributed by atoms with Crippen LogP contribution in [-0.2, 0) is 11.3 Å². The summed E-state index contributed by atoms with van der Waals surface area (Å²) >= 11 is 1.96. The molecule has 0 heterocycles. The van der Waals surface area contributed by atoms with E-state index in [1.54, 1.807) is 0 Å². The smallest absolute Gasteiger partial charge is 0.238 e. The molecule has 0 aromatic heterocycles. The highest BCUT2D eigenvalue weighted by Gasteiger charge is 2.24. The first-order valence-corrected chi connectivity index (χ1v) is 10.9. The van der Waals surface area contributed by atoms with Gasteiger partial charge in [0, 0.05) is 23.5 Å². The van der Waals surface area contributed by atoms with Crippen LogP contribution in [0.2, 0.25) is 0 Å². The van der Waals surface area contributed by atoms with Crippen LogP contribution in [0.25, 0.3) is 0 Å². The van der Waals surface area contributed by atoms with E-state index >= 15 is 0 Å². The lowest BCUT2D eigenvalue weighted by molar-refractivity contribution is -0.116. The lowest BCUT2D eigenvalue weighted by Gasteiger charge is -2.17. The molecule has 28 heavy (non-hydrogen) atoms. The second kappa shape index (κ2) is 13.3. The Balaban J connectivity index is 0.00000392. The van der Waals surface area contributed by atoms with Gasteiger partial charge in [-0.15, -0.1) is 24.0 Å². The molecule has 0 spiro atoms. The number of guanidine groups is 1. The van der Waals surface area contributed by atoms with Crippen LogP contribution in [0.1, 0.15) is 31.7 Å². The van der Waals surface area contributed by atoms with Gasteiger partial charge in [-0.25, -0.2) is 4.99 Å². The highest BCUT2D eigenvalue weighted by Crippen LogP contribution is 2.28. The van der Waals surface area contributed by atoms with E-state index in [9.17, 15) is 4.79 Å². The average molecular weight is 519 g/mol. The van der Waals surface area contributed by atoms with Gasteiger partial charge in [0.1, 0.15) is 0 Å². The minimum atomic E-state index is -0.0137. The van der Waals surface area contributed by atoms with Gasteiger partial charge in [0.15, 0.2) is 5.96 Å². The normalized spacial score (nSPS) is 19.2. The number of benzene rings is 1. The number of carbonyl (C=O) groups is 1. The maximum Gasteiger partial charge on any atom is 0.238 e. The first kappa shape index (κ1) is 25.0. The first-order chi connectivity index (χ1) is 13.0. The number of thioether (sulfide) groups is 1. The Labute approximate surface area is 190 Å². The minimum Gasteiger partial charge on any atom is -0.357 e. The Morgan fingerprint density at radius 1 is 1.32 bits per heavy atom. The number of amides is 1. The molecule has 1 aromatic rings. The molecule has 1 aliphatic carbocycles. The molecule has 0 radical (unpaired) electrons. The maximum atomic E-state index is 11.9. The molecule has 0 bridgehead atoms. The van der Waals surface area contributed by atoms with Gasteiger partial charge in [-0.05, 0) is 64.2 Å². The van der Waals surface area contributed by atoms with E-state index in [1.807, 2.05) is 55.0 Å². The molecule has 1 saturated carbocycles. The summed E-state index contributed by atoms with van der Waals surface area (Å²) in [6.45, 7) is 3.86. The summed E-state index contributed by atoms with van der Waals surface area (Å²) in [7, 11) is 3.76. The van der Waals surface area contributed by atoms with Crippen LogP contribution in [0.3, 0.4) is 0 Å². The zero-order valence-electron chi connectivity index (χ0n) is 17.3. The third kappa shape index (κ3) is 9.00. The number of likely N-dealkylation sites (N-methyl/N-ethyl adjacent to an activating group) is 1. The molecule has 2 rings (SSSR count). The van der Waals surface area contributed by atoms with Crippen molar-refractivity contribution in [3.05, 3.63) is 29.8 Å². The Bertz CT molecular complexity index is 641. The summed E-state index contributed by atoms with van der Waals surface area (Å²) in [5.74, 6) is 0.853. The average Bonchev–Trinajstić information content (AvgIpc) is 3.07. The summed E-state index contributed by atoms with van der Waals surface area (Å²) in [4.78, 5) is 18.5. The fourth-order valence-electron chi connectivity index (χ4n) is 3.20. The van der Waals surface area contributed by atoms with E-state index in [0.717, 1.165) is 29.0 Å². The number of aliphatic imine (C=N–C) groups is 1. The van der Waals surface area contributed by atoms with Crippen molar-refractivity contribution in [1.29, 1.82) is 0 Å². The summed E-state index contributed by atoms with van der Waals surface area (Å²) in [6.07, 6.45) is 5.85. The zero-order valence-corrected chi connectivity index (χ0v) is 20.5. The summed E-state index contributed by atoms with van der Waals surface area (Å²) in [6, 6.07) is 8.38. The van der Waals surface area contributed by atoms with Crippen LogP contribution >= 0.6 is 35.7 Å². The van der Waals surface area contributed by atoms with Crippen molar-refractivity contribution in [3.8, 4) is 0 Å². The van der Waals surface area contributed by atoms with Crippen LogP contribution in [0.4, 0.5) is 5.69 Å². The highest BCUT2D eigenvalue weighted by atomic mass is 127. The second-order valence-corrected chi connectivity index (χ2v) is 8.33. The Hall–Kier alpha value is -1.00. The molecule has 158 valence electrons. The van der Waals surface area contributed by atoms with Gasteiger partial charge in [-0.2, -0.15) is 11.8 Å². The van der Waals surface area contributed by atoms with Crippen molar-refractivity contribution in [3.63, 3.8) is 0 Å². The van der Waals surface area contributed by atoms with Crippen LogP contribution in [0, 0.1) is 0 Å². The molecule has 1 aliphatic rings. The largest absolute Gasteiger partial charge is 0.357 e. The van der Waals surface area contributed by atoms with E-state index < -0.39 is 0 Å².